The van der Waals surface area contributed by atoms with Gasteiger partial charge in [-0.2, -0.15) is 0 Å². The molecule has 28 heavy (non-hydrogen) atoms. The number of carbonyl (C=O) groups excluding carboxylic acids is 1. The first-order valence-corrected chi connectivity index (χ1v) is 11.5. The minimum Gasteiger partial charge on any atom is -0.374 e. The van der Waals surface area contributed by atoms with E-state index in [2.05, 4.69) is 44.4 Å². The van der Waals surface area contributed by atoms with E-state index in [-0.39, 0.29) is 17.9 Å². The number of rotatable bonds is 12. The van der Waals surface area contributed by atoms with Gasteiger partial charge in [-0.25, -0.2) is 0 Å². The highest BCUT2D eigenvalue weighted by molar-refractivity contribution is 5.78. The van der Waals surface area contributed by atoms with Gasteiger partial charge in [-0.1, -0.05) is 78.1 Å². The summed E-state index contributed by atoms with van der Waals surface area (Å²) in [7, 11) is 1.92. The summed E-state index contributed by atoms with van der Waals surface area (Å²) in [6, 6.07) is 0. The van der Waals surface area contributed by atoms with E-state index in [4.69, 9.17) is 4.74 Å². The summed E-state index contributed by atoms with van der Waals surface area (Å²) in [4.78, 5) is 16.9. The molecular formula is C24H44N2O2. The van der Waals surface area contributed by atoms with Crippen LogP contribution >= 0.6 is 0 Å². The van der Waals surface area contributed by atoms with E-state index < -0.39 is 0 Å². The molecule has 0 N–H and O–H groups in total. The average Bonchev–Trinajstić information content (AvgIpc) is 2.69. The molecule has 1 saturated heterocycles. The van der Waals surface area contributed by atoms with Crippen LogP contribution < -0.4 is 0 Å². The van der Waals surface area contributed by atoms with Gasteiger partial charge < -0.3 is 9.64 Å². The van der Waals surface area contributed by atoms with E-state index >= 15 is 0 Å². The van der Waals surface area contributed by atoms with E-state index in [1.807, 2.05) is 11.9 Å². The largest absolute Gasteiger partial charge is 0.374 e. The highest BCUT2D eigenvalue weighted by atomic mass is 16.5. The molecule has 1 rings (SSSR count). The molecule has 0 aromatic heterocycles. The zero-order valence-electron chi connectivity index (χ0n) is 19.1. The number of carbonyl (C=O) groups is 1. The molecular weight excluding hydrogens is 348 g/mol. The third-order valence-corrected chi connectivity index (χ3v) is 5.63. The zero-order chi connectivity index (χ0) is 20.8. The lowest BCUT2D eigenvalue weighted by atomic mass is 10.0. The van der Waals surface area contributed by atoms with Gasteiger partial charge >= 0.3 is 0 Å². The summed E-state index contributed by atoms with van der Waals surface area (Å²) < 4.78 is 5.92. The van der Waals surface area contributed by atoms with Crippen LogP contribution in [0.15, 0.2) is 0 Å². The summed E-state index contributed by atoms with van der Waals surface area (Å²) >= 11 is 0. The van der Waals surface area contributed by atoms with E-state index in [9.17, 15) is 4.79 Å². The molecule has 1 amide bonds. The Kier molecular flexibility index (Phi) is 13.3. The number of amides is 1. The minimum absolute atomic E-state index is 0.0920. The van der Waals surface area contributed by atoms with Crippen molar-refractivity contribution in [2.24, 2.45) is 11.8 Å². The van der Waals surface area contributed by atoms with E-state index in [0.29, 0.717) is 12.5 Å². The van der Waals surface area contributed by atoms with Crippen LogP contribution in [0.5, 0.6) is 0 Å². The van der Waals surface area contributed by atoms with Crippen LogP contribution in [0.4, 0.5) is 0 Å². The Morgan fingerprint density at radius 2 is 1.89 bits per heavy atom. The number of unbranched alkanes of at least 4 members (excludes halogenated alkanes) is 4. The van der Waals surface area contributed by atoms with Crippen molar-refractivity contribution in [3.8, 4) is 11.8 Å². The molecule has 1 aliphatic rings. The van der Waals surface area contributed by atoms with Crippen molar-refractivity contribution in [1.82, 2.24) is 9.80 Å². The molecule has 0 bridgehead atoms. The highest BCUT2D eigenvalue weighted by Gasteiger charge is 2.24. The third kappa shape index (κ3) is 10.5. The van der Waals surface area contributed by atoms with Crippen LogP contribution in [0.3, 0.4) is 0 Å². The van der Waals surface area contributed by atoms with Crippen LogP contribution in [-0.4, -0.2) is 61.6 Å². The number of hydrogen-bond donors (Lipinski definition) is 0. The molecule has 1 aliphatic heterocycles. The molecule has 0 aromatic rings. The van der Waals surface area contributed by atoms with Crippen molar-refractivity contribution in [3.63, 3.8) is 0 Å². The van der Waals surface area contributed by atoms with Crippen molar-refractivity contribution in [2.45, 2.75) is 85.2 Å². The lowest BCUT2D eigenvalue weighted by Crippen LogP contribution is -2.48. The van der Waals surface area contributed by atoms with Gasteiger partial charge in [-0.3, -0.25) is 9.69 Å². The predicted molar refractivity (Wildman–Crippen MR) is 118 cm³/mol. The monoisotopic (exact) mass is 392 g/mol. The van der Waals surface area contributed by atoms with Crippen molar-refractivity contribution in [2.75, 3.05) is 39.8 Å². The zero-order valence-corrected chi connectivity index (χ0v) is 19.1. The fraction of sp³-hybridized carbons (Fsp3) is 0.875. The lowest BCUT2D eigenvalue weighted by molar-refractivity contribution is -0.136. The first-order valence-electron chi connectivity index (χ1n) is 11.5. The second-order valence-corrected chi connectivity index (χ2v) is 8.56. The molecule has 2 unspecified atom stereocenters. The normalized spacial score (nSPS) is 19.5. The smallest absolute Gasteiger partial charge is 0.225 e. The summed E-state index contributed by atoms with van der Waals surface area (Å²) in [5, 5.41) is 0. The molecule has 4 heteroatoms. The molecule has 0 aliphatic carbocycles. The molecule has 3 atom stereocenters. The highest BCUT2D eigenvalue weighted by Crippen LogP contribution is 2.14. The number of likely N-dealkylation sites (N-methyl/N-ethyl adjacent to an activating group) is 1. The predicted octanol–water partition coefficient (Wildman–Crippen LogP) is 4.58. The third-order valence-electron chi connectivity index (χ3n) is 5.63. The van der Waals surface area contributed by atoms with Gasteiger partial charge in [0.15, 0.2) is 0 Å². The summed E-state index contributed by atoms with van der Waals surface area (Å²) in [6.45, 7) is 12.7. The van der Waals surface area contributed by atoms with Crippen LogP contribution in [0, 0.1) is 23.7 Å². The molecule has 1 fully saturated rings. The van der Waals surface area contributed by atoms with Crippen LogP contribution in [0.25, 0.3) is 0 Å². The van der Waals surface area contributed by atoms with Gasteiger partial charge in [0.05, 0.1) is 19.3 Å². The maximum Gasteiger partial charge on any atom is 0.225 e. The van der Waals surface area contributed by atoms with Crippen molar-refractivity contribution >= 4 is 5.91 Å². The summed E-state index contributed by atoms with van der Waals surface area (Å²) in [5.41, 5.74) is 0. The van der Waals surface area contributed by atoms with Gasteiger partial charge in [0, 0.05) is 38.5 Å². The Morgan fingerprint density at radius 1 is 1.14 bits per heavy atom. The lowest BCUT2D eigenvalue weighted by Gasteiger charge is -2.34. The first-order chi connectivity index (χ1) is 13.5. The summed E-state index contributed by atoms with van der Waals surface area (Å²) in [5.74, 6) is 7.58. The topological polar surface area (TPSA) is 32.8 Å². The van der Waals surface area contributed by atoms with Gasteiger partial charge in [-0.15, -0.1) is 0 Å². The van der Waals surface area contributed by atoms with Gasteiger partial charge in [-0.05, 0) is 12.8 Å². The standard InChI is InChI=1S/C24H44N2O2/c1-6-8-10-11-15-22(4)24(27)25(5)19-23-20-26(17-18-28-23)16-12-14-21(3)13-9-7-2/h21-23H,6-11,13,15-20H2,1-5H3/t21?,22?,23-/m1/s1. The average molecular weight is 393 g/mol. The van der Waals surface area contributed by atoms with Crippen molar-refractivity contribution in [3.05, 3.63) is 0 Å². The molecule has 0 aromatic carbocycles. The SMILES string of the molecule is CCCCCCC(C)C(=O)N(C)C[C@@H]1CN(CC#CC(C)CCCC)CCO1. The molecule has 1 heterocycles. The second kappa shape index (κ2) is 14.9. The Balaban J connectivity index is 2.35. The van der Waals surface area contributed by atoms with Crippen molar-refractivity contribution < 1.29 is 9.53 Å². The Hall–Kier alpha value is -1.05. The van der Waals surface area contributed by atoms with Crippen LogP contribution in [-0.2, 0) is 9.53 Å². The number of morpholine rings is 1. The van der Waals surface area contributed by atoms with Crippen molar-refractivity contribution in [1.29, 1.82) is 0 Å². The number of hydrogen-bond acceptors (Lipinski definition) is 3. The number of nitrogens with zero attached hydrogens (tertiary/aromatic N) is 2. The second-order valence-electron chi connectivity index (χ2n) is 8.56. The van der Waals surface area contributed by atoms with E-state index in [0.717, 1.165) is 39.1 Å². The Morgan fingerprint density at radius 3 is 2.61 bits per heavy atom. The quantitative estimate of drug-likeness (QED) is 0.360. The fourth-order valence-corrected chi connectivity index (χ4v) is 3.72. The minimum atomic E-state index is 0.0920. The molecule has 0 radical (unpaired) electrons. The van der Waals surface area contributed by atoms with Gasteiger partial charge in [0.1, 0.15) is 0 Å². The van der Waals surface area contributed by atoms with E-state index in [1.54, 1.807) is 0 Å². The molecule has 0 saturated carbocycles. The number of ether oxygens (including phenoxy) is 1. The van der Waals surface area contributed by atoms with Crippen LogP contribution in [0.2, 0.25) is 0 Å². The van der Waals surface area contributed by atoms with E-state index in [1.165, 1.54) is 38.5 Å². The Bertz CT molecular complexity index is 483. The Labute approximate surface area is 174 Å². The van der Waals surface area contributed by atoms with Gasteiger partial charge in [0.25, 0.3) is 0 Å². The summed E-state index contributed by atoms with van der Waals surface area (Å²) in [6.07, 6.45) is 9.66. The maximum absolute atomic E-state index is 12.6. The van der Waals surface area contributed by atoms with Gasteiger partial charge in [0.2, 0.25) is 5.91 Å². The molecule has 4 nitrogen and oxygen atoms in total. The van der Waals surface area contributed by atoms with Crippen LogP contribution in [0.1, 0.15) is 79.1 Å². The first kappa shape index (κ1) is 25.0. The fourth-order valence-electron chi connectivity index (χ4n) is 3.72. The molecule has 0 spiro atoms. The molecule has 162 valence electrons. The maximum atomic E-state index is 12.6.